The largest absolute Gasteiger partial charge is 0.479 e. The quantitative estimate of drug-likeness (QED) is 0.499. The van der Waals surface area contributed by atoms with Gasteiger partial charge in [0.1, 0.15) is 5.75 Å². The average molecular weight is 358 g/mol. The summed E-state index contributed by atoms with van der Waals surface area (Å²) in [5, 5.41) is 8.77. The fourth-order valence-corrected chi connectivity index (χ4v) is 3.10. The van der Waals surface area contributed by atoms with Crippen LogP contribution in [0.5, 0.6) is 5.75 Å². The number of thioether (sulfide) groups is 1. The highest BCUT2D eigenvalue weighted by atomic mass is 32.2. The number of hydrogen-bond donors (Lipinski definition) is 2. The van der Waals surface area contributed by atoms with Gasteiger partial charge in [0.25, 0.3) is 11.8 Å². The number of hydrogen-bond acceptors (Lipinski definition) is 5. The van der Waals surface area contributed by atoms with Gasteiger partial charge < -0.3 is 9.64 Å². The molecule has 0 saturated carbocycles. The first kappa shape index (κ1) is 17.3. The number of ether oxygens (including phenoxy) is 1. The van der Waals surface area contributed by atoms with E-state index >= 15 is 0 Å². The van der Waals surface area contributed by atoms with Crippen LogP contribution in [0.2, 0.25) is 0 Å². The lowest BCUT2D eigenvalue weighted by molar-refractivity contribution is -0.125. The molecule has 1 unspecified atom stereocenters. The maximum atomic E-state index is 12.6. The summed E-state index contributed by atoms with van der Waals surface area (Å²) in [5.74, 6) is -0.329. The summed E-state index contributed by atoms with van der Waals surface area (Å²) >= 11 is 1.66. The molecule has 2 aromatic rings. The Hall–Kier alpha value is -2.51. The van der Waals surface area contributed by atoms with E-state index in [-0.39, 0.29) is 11.5 Å². The Bertz CT molecular complexity index is 807. The van der Waals surface area contributed by atoms with Crippen LogP contribution in [0.4, 0.5) is 5.69 Å². The molecule has 0 aliphatic carbocycles. The van der Waals surface area contributed by atoms with Crippen LogP contribution in [0, 0.1) is 0 Å². The summed E-state index contributed by atoms with van der Waals surface area (Å²) in [6.07, 6.45) is 1.36. The molecule has 7 heteroatoms. The zero-order valence-corrected chi connectivity index (χ0v) is 14.7. The highest BCUT2D eigenvalue weighted by molar-refractivity contribution is 7.98. The van der Waals surface area contributed by atoms with Crippen molar-refractivity contribution >= 4 is 29.3 Å². The predicted octanol–water partition coefficient (Wildman–Crippen LogP) is 2.84. The number of nitrogens with one attached hydrogen (secondary N) is 1. The van der Waals surface area contributed by atoms with Crippen molar-refractivity contribution in [3.05, 3.63) is 53.6 Å². The first-order chi connectivity index (χ1) is 12.0. The molecule has 0 saturated heterocycles. The van der Waals surface area contributed by atoms with Crippen molar-refractivity contribution in [1.29, 1.82) is 0 Å². The van der Waals surface area contributed by atoms with Gasteiger partial charge in [0.2, 0.25) is 0 Å². The zero-order valence-electron chi connectivity index (χ0n) is 13.9. The highest BCUT2D eigenvalue weighted by Crippen LogP contribution is 2.36. The minimum atomic E-state index is -0.648. The van der Waals surface area contributed by atoms with Gasteiger partial charge in [-0.05, 0) is 49.1 Å². The Morgan fingerprint density at radius 1 is 1.28 bits per heavy atom. The number of anilines is 1. The number of carbonyl (C=O) groups excluding carboxylic acids is 2. The predicted molar refractivity (Wildman–Crippen MR) is 95.2 cm³/mol. The molecule has 1 aliphatic heterocycles. The second-order valence-corrected chi connectivity index (χ2v) is 6.54. The van der Waals surface area contributed by atoms with Crippen LogP contribution in [0.15, 0.2) is 47.4 Å². The van der Waals surface area contributed by atoms with Crippen LogP contribution in [0.1, 0.15) is 22.8 Å². The van der Waals surface area contributed by atoms with Gasteiger partial charge in [-0.2, -0.15) is 0 Å². The molecule has 2 N–H and O–H groups in total. The molecule has 25 heavy (non-hydrogen) atoms. The second-order valence-electron chi connectivity index (χ2n) is 5.66. The van der Waals surface area contributed by atoms with Crippen LogP contribution in [0.3, 0.4) is 0 Å². The van der Waals surface area contributed by atoms with Gasteiger partial charge in [0, 0.05) is 10.5 Å². The molecular formula is C18H18N2O4S. The lowest BCUT2D eigenvalue weighted by atomic mass is 10.1. The lowest BCUT2D eigenvalue weighted by Crippen LogP contribution is -2.44. The molecule has 1 aliphatic rings. The number of amides is 2. The number of fused-ring (bicyclic) bond motifs is 1. The third kappa shape index (κ3) is 3.47. The van der Waals surface area contributed by atoms with E-state index in [1.165, 1.54) is 6.07 Å². The first-order valence-electron chi connectivity index (χ1n) is 7.73. The van der Waals surface area contributed by atoms with Gasteiger partial charge in [-0.15, -0.1) is 11.8 Å². The minimum absolute atomic E-state index is 0.138. The van der Waals surface area contributed by atoms with Crippen molar-refractivity contribution < 1.29 is 19.5 Å². The molecule has 130 valence electrons. The average Bonchev–Trinajstić information content (AvgIpc) is 2.64. The summed E-state index contributed by atoms with van der Waals surface area (Å²) in [6.45, 7) is 2.09. The number of carbonyl (C=O) groups is 2. The molecule has 0 radical (unpaired) electrons. The molecule has 0 fully saturated rings. The van der Waals surface area contributed by atoms with Crippen LogP contribution < -0.4 is 15.1 Å². The molecule has 2 aromatic carbocycles. The second kappa shape index (κ2) is 7.16. The van der Waals surface area contributed by atoms with Crippen molar-refractivity contribution in [3.8, 4) is 5.75 Å². The molecule has 0 bridgehead atoms. The minimum Gasteiger partial charge on any atom is -0.479 e. The Kier molecular flexibility index (Phi) is 4.96. The van der Waals surface area contributed by atoms with Crippen LogP contribution in [-0.4, -0.2) is 29.4 Å². The van der Waals surface area contributed by atoms with E-state index in [9.17, 15) is 9.59 Å². The third-order valence-corrected chi connectivity index (χ3v) is 4.78. The Morgan fingerprint density at radius 2 is 2.00 bits per heavy atom. The summed E-state index contributed by atoms with van der Waals surface area (Å²) in [5.41, 5.74) is 3.46. The lowest BCUT2D eigenvalue weighted by Gasteiger charge is -2.33. The standard InChI is InChI=1S/C18H18N2O4S/c1-11-18(22)20(10-12-3-6-14(25-2)7-4-12)15-8-5-13(17(21)19-23)9-16(15)24-11/h3-9,11,23H,10H2,1-2H3,(H,19,21). The fourth-order valence-electron chi connectivity index (χ4n) is 2.69. The van der Waals surface area contributed by atoms with Crippen molar-refractivity contribution in [1.82, 2.24) is 5.48 Å². The first-order valence-corrected chi connectivity index (χ1v) is 8.95. The number of nitrogens with zero attached hydrogens (tertiary/aromatic N) is 1. The van der Waals surface area contributed by atoms with Crippen molar-refractivity contribution in [2.75, 3.05) is 11.2 Å². The number of benzene rings is 2. The van der Waals surface area contributed by atoms with Crippen LogP contribution >= 0.6 is 11.8 Å². The van der Waals surface area contributed by atoms with Gasteiger partial charge >= 0.3 is 0 Å². The normalized spacial score (nSPS) is 16.2. The SMILES string of the molecule is CSc1ccc(CN2C(=O)C(C)Oc3cc(C(=O)NO)ccc32)cc1. The smallest absolute Gasteiger partial charge is 0.274 e. The molecule has 0 aromatic heterocycles. The molecule has 3 rings (SSSR count). The van der Waals surface area contributed by atoms with Crippen molar-refractivity contribution in [2.24, 2.45) is 0 Å². The number of rotatable bonds is 4. The van der Waals surface area contributed by atoms with E-state index in [2.05, 4.69) is 0 Å². The highest BCUT2D eigenvalue weighted by Gasteiger charge is 2.32. The van der Waals surface area contributed by atoms with E-state index in [0.717, 1.165) is 10.5 Å². The molecule has 2 amide bonds. The summed E-state index contributed by atoms with van der Waals surface area (Å²) in [4.78, 5) is 27.0. The maximum absolute atomic E-state index is 12.6. The molecule has 1 heterocycles. The maximum Gasteiger partial charge on any atom is 0.274 e. The van der Waals surface area contributed by atoms with Gasteiger partial charge in [-0.1, -0.05) is 12.1 Å². The molecule has 6 nitrogen and oxygen atoms in total. The Morgan fingerprint density at radius 3 is 2.64 bits per heavy atom. The van der Waals surface area contributed by atoms with Gasteiger partial charge in [0.15, 0.2) is 6.10 Å². The van der Waals surface area contributed by atoms with Crippen LogP contribution in [-0.2, 0) is 11.3 Å². The van der Waals surface area contributed by atoms with Crippen LogP contribution in [0.25, 0.3) is 0 Å². The van der Waals surface area contributed by atoms with E-state index < -0.39 is 12.0 Å². The third-order valence-electron chi connectivity index (χ3n) is 4.03. The number of hydroxylamine groups is 1. The monoisotopic (exact) mass is 358 g/mol. The van der Waals surface area contributed by atoms with Gasteiger partial charge in [-0.3, -0.25) is 14.8 Å². The Balaban J connectivity index is 1.93. The van der Waals surface area contributed by atoms with E-state index in [0.29, 0.717) is 18.0 Å². The Labute approximate surface area is 149 Å². The van der Waals surface area contributed by atoms with Gasteiger partial charge in [0.05, 0.1) is 12.2 Å². The summed E-state index contributed by atoms with van der Waals surface area (Å²) < 4.78 is 5.63. The van der Waals surface area contributed by atoms with Crippen molar-refractivity contribution in [2.45, 2.75) is 24.5 Å². The molecular weight excluding hydrogens is 340 g/mol. The molecule has 1 atom stereocenters. The van der Waals surface area contributed by atoms with Gasteiger partial charge in [-0.25, -0.2) is 5.48 Å². The fraction of sp³-hybridized carbons (Fsp3) is 0.222. The molecule has 0 spiro atoms. The van der Waals surface area contributed by atoms with Crippen molar-refractivity contribution in [3.63, 3.8) is 0 Å². The summed E-state index contributed by atoms with van der Waals surface area (Å²) in [7, 11) is 0. The zero-order chi connectivity index (χ0) is 18.0. The summed E-state index contributed by atoms with van der Waals surface area (Å²) in [6, 6.07) is 12.7. The van der Waals surface area contributed by atoms with E-state index in [4.69, 9.17) is 9.94 Å². The van der Waals surface area contributed by atoms with E-state index in [1.54, 1.807) is 41.2 Å². The topological polar surface area (TPSA) is 78.9 Å². The van der Waals surface area contributed by atoms with E-state index in [1.807, 2.05) is 30.5 Å².